The topological polar surface area (TPSA) is 172 Å². The summed E-state index contributed by atoms with van der Waals surface area (Å²) in [6.07, 6.45) is 9.26. The second kappa shape index (κ2) is 19.7. The zero-order valence-electron chi connectivity index (χ0n) is 40.2. The van der Waals surface area contributed by atoms with E-state index in [1.807, 2.05) is 96.3 Å². The number of imide groups is 1. The first-order chi connectivity index (χ1) is 34.5. The van der Waals surface area contributed by atoms with Gasteiger partial charge in [-0.1, -0.05) is 65.9 Å². The van der Waals surface area contributed by atoms with E-state index in [2.05, 4.69) is 38.7 Å². The van der Waals surface area contributed by atoms with E-state index in [1.165, 1.54) is 23.3 Å². The fraction of sp³-hybridized carbons (Fsp3) is 0.375. The Labute approximate surface area is 416 Å². The lowest BCUT2D eigenvalue weighted by Crippen LogP contribution is -2.39. The molecule has 2 atom stereocenters. The highest BCUT2D eigenvalue weighted by Gasteiger charge is 2.34. The van der Waals surface area contributed by atoms with Crippen molar-refractivity contribution in [1.29, 1.82) is 0 Å². The van der Waals surface area contributed by atoms with Gasteiger partial charge in [-0.15, -0.1) is 0 Å². The molecule has 0 radical (unpaired) electrons. The highest BCUT2D eigenvalue weighted by atomic mass is 32.1. The van der Waals surface area contributed by atoms with Crippen molar-refractivity contribution < 1.29 is 29.0 Å². The number of piperidine rings is 1. The minimum atomic E-state index is -1.10. The third kappa shape index (κ3) is 9.40. The molecule has 4 aliphatic rings. The lowest BCUT2D eigenvalue weighted by Gasteiger charge is -2.31. The summed E-state index contributed by atoms with van der Waals surface area (Å²) < 4.78 is 9.63. The monoisotopic (exact) mass is 970 g/mol. The molecule has 15 heteroatoms. The Morgan fingerprint density at radius 1 is 0.873 bits per heavy atom. The first-order valence-corrected chi connectivity index (χ1v) is 25.9. The van der Waals surface area contributed by atoms with Crippen LogP contribution in [0.2, 0.25) is 0 Å². The number of nitrogens with one attached hydrogen (secondary N) is 2. The Morgan fingerprint density at radius 2 is 1.70 bits per heavy atom. The Morgan fingerprint density at radius 3 is 2.54 bits per heavy atom. The summed E-state index contributed by atoms with van der Waals surface area (Å²) in [5.74, 6) is 0.181. The molecule has 4 aromatic carbocycles. The van der Waals surface area contributed by atoms with Crippen LogP contribution >= 0.6 is 11.3 Å². The van der Waals surface area contributed by atoms with E-state index in [1.54, 1.807) is 0 Å². The van der Waals surface area contributed by atoms with Crippen molar-refractivity contribution in [2.75, 3.05) is 36.4 Å². The van der Waals surface area contributed by atoms with Crippen LogP contribution in [-0.4, -0.2) is 85.7 Å². The van der Waals surface area contributed by atoms with Gasteiger partial charge in [0.15, 0.2) is 10.8 Å². The number of anilines is 2. The van der Waals surface area contributed by atoms with Crippen LogP contribution in [-0.2, 0) is 29.6 Å². The van der Waals surface area contributed by atoms with Crippen LogP contribution in [0, 0.1) is 12.8 Å². The summed E-state index contributed by atoms with van der Waals surface area (Å²) in [6, 6.07) is 29.6. The summed E-state index contributed by atoms with van der Waals surface area (Å²) in [5.41, 5.74) is 8.73. The zero-order chi connectivity index (χ0) is 48.8. The predicted molar refractivity (Wildman–Crippen MR) is 275 cm³/mol. The van der Waals surface area contributed by atoms with Gasteiger partial charge in [0.1, 0.15) is 11.6 Å². The number of amides is 3. The largest absolute Gasteiger partial charge is 0.490 e. The number of para-hydroxylation sites is 2. The van der Waals surface area contributed by atoms with E-state index in [0.29, 0.717) is 66.3 Å². The molecule has 14 nitrogen and oxygen atoms in total. The maximum Gasteiger partial charge on any atom is 0.355 e. The molecule has 71 heavy (non-hydrogen) atoms. The molecule has 3 amide bonds. The number of ether oxygens (including phenoxy) is 1. The summed E-state index contributed by atoms with van der Waals surface area (Å²) in [4.78, 5) is 65.1. The van der Waals surface area contributed by atoms with Crippen LogP contribution in [0.25, 0.3) is 32.2 Å². The van der Waals surface area contributed by atoms with E-state index in [-0.39, 0.29) is 29.5 Å². The summed E-state index contributed by atoms with van der Waals surface area (Å²) in [7, 11) is 1.96. The lowest BCUT2D eigenvalue weighted by atomic mass is 9.84. The molecule has 1 unspecified atom stereocenters. The van der Waals surface area contributed by atoms with Gasteiger partial charge in [0.2, 0.25) is 11.8 Å². The minimum absolute atomic E-state index is 0.0215. The number of carboxylic acids is 1. The molecule has 3 aliphatic heterocycles. The van der Waals surface area contributed by atoms with Crippen LogP contribution in [0.4, 0.5) is 10.9 Å². The van der Waals surface area contributed by atoms with Crippen molar-refractivity contribution >= 4 is 67.1 Å². The van der Waals surface area contributed by atoms with Crippen LogP contribution in [0.15, 0.2) is 91.0 Å². The van der Waals surface area contributed by atoms with E-state index in [4.69, 9.17) is 14.8 Å². The molecular weight excluding hydrogens is 913 g/mol. The Kier molecular flexibility index (Phi) is 12.9. The number of benzene rings is 4. The first-order valence-electron chi connectivity index (χ1n) is 25.1. The number of hydrogen-bond donors (Lipinski definition) is 3. The number of carbonyl (C=O) groups excluding carboxylic acids is 3. The zero-order valence-corrected chi connectivity index (χ0v) is 41.0. The Bertz CT molecular complexity index is 3180. The second-order valence-corrected chi connectivity index (χ2v) is 20.8. The van der Waals surface area contributed by atoms with Gasteiger partial charge in [-0.05, 0) is 154 Å². The van der Waals surface area contributed by atoms with Gasteiger partial charge in [0, 0.05) is 49.6 Å². The quantitative estimate of drug-likeness (QED) is 0.0940. The van der Waals surface area contributed by atoms with Crippen molar-refractivity contribution in [2.45, 2.75) is 95.6 Å². The van der Waals surface area contributed by atoms with Gasteiger partial charge in [-0.25, -0.2) is 14.8 Å². The van der Waals surface area contributed by atoms with Gasteiger partial charge in [-0.2, -0.15) is 5.10 Å². The minimum Gasteiger partial charge on any atom is -0.490 e. The Balaban J connectivity index is 0.686. The molecule has 364 valence electrons. The van der Waals surface area contributed by atoms with Crippen LogP contribution in [0.1, 0.15) is 118 Å². The van der Waals surface area contributed by atoms with Crippen molar-refractivity contribution in [1.82, 2.24) is 30.0 Å². The molecule has 6 heterocycles. The van der Waals surface area contributed by atoms with Crippen molar-refractivity contribution in [2.24, 2.45) is 13.0 Å². The van der Waals surface area contributed by atoms with Crippen LogP contribution in [0.3, 0.4) is 0 Å². The number of hydrogen-bond acceptors (Lipinski definition) is 11. The maximum atomic E-state index is 13.7. The SMILES string of the molecule is Cc1c(O[C@H]2CC[C@H](CCCN3CC[C@@H](c4cccc5c(C6CCC(=O)NC6=O)nn(C)c45)C3)CC2)cccc1-c1ccc(N2CCc3cccc(C(=O)Nc4nc5ccccc5s4)c3C2)nc1C(=O)O. The number of rotatable bonds is 13. The molecule has 0 bridgehead atoms. The normalized spacial score (nSPS) is 20.6. The summed E-state index contributed by atoms with van der Waals surface area (Å²) in [6.45, 7) is 6.19. The number of carboxylic acid groups (broad SMARTS) is 1. The fourth-order valence-corrected chi connectivity index (χ4v) is 12.5. The second-order valence-electron chi connectivity index (χ2n) is 19.8. The average Bonchev–Trinajstić information content (AvgIpc) is 4.11. The van der Waals surface area contributed by atoms with E-state index >= 15 is 0 Å². The van der Waals surface area contributed by atoms with Gasteiger partial charge >= 0.3 is 5.97 Å². The summed E-state index contributed by atoms with van der Waals surface area (Å²) >= 11 is 1.44. The van der Waals surface area contributed by atoms with Crippen LogP contribution < -0.4 is 20.3 Å². The molecule has 0 spiro atoms. The standard InChI is InChI=1S/C56H58N8O6S/c1-33-38(40-22-24-48(58-51(40)55(68)69)64-30-27-35-10-5-13-41(44(35)32-64)53(66)60-56-57-45-15-3-4-17-47(45)71-56)11-7-16-46(33)70-37-20-18-34(19-21-37)9-8-28-63-29-26-36(31-63)39-12-6-14-42-50(61-62(2)52(39)42)43-23-25-49(65)59-54(43)67/h3-7,10-17,22,24,34,36-37,43H,8-9,18-21,23,25-32H2,1-2H3,(H,68,69)(H,57,60,66)(H,59,65,67)/t34-,36-,37-,43?/m1/s1. The van der Waals surface area contributed by atoms with Gasteiger partial charge in [0.25, 0.3) is 5.91 Å². The smallest absolute Gasteiger partial charge is 0.355 e. The number of thiazole rings is 1. The van der Waals surface area contributed by atoms with Gasteiger partial charge < -0.3 is 19.6 Å². The summed E-state index contributed by atoms with van der Waals surface area (Å²) in [5, 5.41) is 22.4. The fourth-order valence-electron chi connectivity index (χ4n) is 11.7. The third-order valence-corrected chi connectivity index (χ3v) is 16.3. The van der Waals surface area contributed by atoms with E-state index in [9.17, 15) is 24.3 Å². The van der Waals surface area contributed by atoms with Crippen molar-refractivity contribution in [3.05, 3.63) is 130 Å². The van der Waals surface area contributed by atoms with Gasteiger partial charge in [-0.3, -0.25) is 29.7 Å². The molecule has 1 aliphatic carbocycles. The van der Waals surface area contributed by atoms with Crippen molar-refractivity contribution in [3.63, 3.8) is 0 Å². The number of aromatic nitrogens is 4. The highest BCUT2D eigenvalue weighted by molar-refractivity contribution is 7.22. The molecular formula is C56H58N8O6S. The molecule has 3 N–H and O–H groups in total. The number of aryl methyl sites for hydroxylation is 1. The van der Waals surface area contributed by atoms with Crippen LogP contribution in [0.5, 0.6) is 5.75 Å². The molecule has 7 aromatic rings. The number of nitrogens with zero attached hydrogens (tertiary/aromatic N) is 6. The molecule has 3 fully saturated rings. The van der Waals surface area contributed by atoms with Crippen molar-refractivity contribution in [3.8, 4) is 16.9 Å². The number of pyridine rings is 1. The Hall–Kier alpha value is -6.97. The maximum absolute atomic E-state index is 13.7. The predicted octanol–water partition coefficient (Wildman–Crippen LogP) is 9.79. The lowest BCUT2D eigenvalue weighted by molar-refractivity contribution is -0.134. The number of aromatic carboxylic acids is 1. The number of fused-ring (bicyclic) bond motifs is 3. The molecule has 1 saturated carbocycles. The molecule has 2 saturated heterocycles. The third-order valence-electron chi connectivity index (χ3n) is 15.4. The number of carbonyl (C=O) groups is 4. The first kappa shape index (κ1) is 46.4. The molecule has 11 rings (SSSR count). The van der Waals surface area contributed by atoms with E-state index < -0.39 is 11.9 Å². The molecule has 3 aromatic heterocycles. The average molecular weight is 971 g/mol. The highest BCUT2D eigenvalue weighted by Crippen LogP contribution is 2.39. The van der Waals surface area contributed by atoms with E-state index in [0.717, 1.165) is 113 Å². The number of likely N-dealkylation sites (tertiary alicyclic amines) is 1. The van der Waals surface area contributed by atoms with Gasteiger partial charge in [0.05, 0.1) is 33.4 Å².